The van der Waals surface area contributed by atoms with Crippen LogP contribution in [0.3, 0.4) is 0 Å². The van der Waals surface area contributed by atoms with Crippen LogP contribution in [-0.4, -0.2) is 9.97 Å². The fraction of sp³-hybridized carbons (Fsp3) is 0.111. The molecule has 0 fully saturated rings. The van der Waals surface area contributed by atoms with Gasteiger partial charge in [-0.25, -0.2) is 0 Å². The Kier molecular flexibility index (Phi) is 1.87. The maximum atomic E-state index is 4.25. The van der Waals surface area contributed by atoms with Crippen molar-refractivity contribution in [2.24, 2.45) is 0 Å². The maximum absolute atomic E-state index is 4.25. The molecule has 60 valence electrons. The molecule has 0 aromatic carbocycles. The number of hydrogen-bond donors (Lipinski definition) is 0. The summed E-state index contributed by atoms with van der Waals surface area (Å²) in [6.45, 7) is 2.06. The van der Waals surface area contributed by atoms with E-state index in [9.17, 15) is 0 Å². The van der Waals surface area contributed by atoms with Gasteiger partial charge in [0.25, 0.3) is 0 Å². The predicted molar refractivity (Wildman–Crippen MR) is 50.1 cm³/mol. The van der Waals surface area contributed by atoms with Crippen LogP contribution in [0, 0.1) is 6.92 Å². The van der Waals surface area contributed by atoms with E-state index in [2.05, 4.69) is 23.0 Å². The van der Waals surface area contributed by atoms with Crippen molar-refractivity contribution in [2.45, 2.75) is 6.92 Å². The molecule has 0 N–H and O–H groups in total. The number of aryl methyl sites for hydroxylation is 1. The summed E-state index contributed by atoms with van der Waals surface area (Å²) in [6.07, 6.45) is 3.66. The fourth-order valence-electron chi connectivity index (χ4n) is 1.01. The Morgan fingerprint density at radius 1 is 1.42 bits per heavy atom. The van der Waals surface area contributed by atoms with Crippen LogP contribution in [-0.2, 0) is 0 Å². The van der Waals surface area contributed by atoms with Crippen molar-refractivity contribution >= 4 is 11.3 Å². The lowest BCUT2D eigenvalue weighted by molar-refractivity contribution is 1.29. The highest BCUT2D eigenvalue weighted by Crippen LogP contribution is 2.20. The van der Waals surface area contributed by atoms with Gasteiger partial charge in [0, 0.05) is 12.4 Å². The van der Waals surface area contributed by atoms with E-state index in [0.717, 1.165) is 10.6 Å². The summed E-state index contributed by atoms with van der Waals surface area (Å²) >= 11 is 1.61. The van der Waals surface area contributed by atoms with E-state index in [1.807, 2.05) is 24.0 Å². The van der Waals surface area contributed by atoms with E-state index < -0.39 is 0 Å². The molecule has 12 heavy (non-hydrogen) atoms. The Bertz CT molecular complexity index is 368. The highest BCUT2D eigenvalue weighted by Gasteiger charge is 1.99. The number of aromatic nitrogens is 2. The molecule has 2 aromatic rings. The SMILES string of the molecule is Cc1ccnc(-c2cncs2)c1. The lowest BCUT2D eigenvalue weighted by atomic mass is 10.2. The van der Waals surface area contributed by atoms with Crippen LogP contribution < -0.4 is 0 Å². The Labute approximate surface area is 74.9 Å². The minimum Gasteiger partial charge on any atom is -0.255 e. The number of hydrogen-bond acceptors (Lipinski definition) is 3. The first-order valence-corrected chi connectivity index (χ1v) is 4.56. The summed E-state index contributed by atoms with van der Waals surface area (Å²) in [4.78, 5) is 9.38. The zero-order valence-corrected chi connectivity index (χ0v) is 7.51. The van der Waals surface area contributed by atoms with Gasteiger partial charge >= 0.3 is 0 Å². The highest BCUT2D eigenvalue weighted by molar-refractivity contribution is 7.13. The normalized spacial score (nSPS) is 10.1. The molecule has 0 bridgehead atoms. The zero-order valence-electron chi connectivity index (χ0n) is 6.69. The average molecular weight is 176 g/mol. The molecule has 3 heteroatoms. The molecular weight excluding hydrogens is 168 g/mol. The van der Waals surface area contributed by atoms with Crippen LogP contribution in [0.4, 0.5) is 0 Å². The first-order valence-electron chi connectivity index (χ1n) is 3.68. The van der Waals surface area contributed by atoms with E-state index in [1.54, 1.807) is 11.3 Å². The number of rotatable bonds is 1. The molecule has 2 heterocycles. The minimum absolute atomic E-state index is 1.01. The van der Waals surface area contributed by atoms with Crippen molar-refractivity contribution in [3.8, 4) is 10.6 Å². The van der Waals surface area contributed by atoms with E-state index in [-0.39, 0.29) is 0 Å². The van der Waals surface area contributed by atoms with E-state index >= 15 is 0 Å². The molecule has 0 radical (unpaired) electrons. The summed E-state index contributed by atoms with van der Waals surface area (Å²) < 4.78 is 0. The molecule has 0 aliphatic rings. The van der Waals surface area contributed by atoms with E-state index in [1.165, 1.54) is 5.56 Å². The first-order chi connectivity index (χ1) is 5.86. The van der Waals surface area contributed by atoms with Crippen LogP contribution in [0.15, 0.2) is 30.0 Å². The maximum Gasteiger partial charge on any atom is 0.0820 e. The molecule has 2 nitrogen and oxygen atoms in total. The molecule has 2 aromatic heterocycles. The lowest BCUT2D eigenvalue weighted by Gasteiger charge is -1.95. The Morgan fingerprint density at radius 2 is 2.33 bits per heavy atom. The van der Waals surface area contributed by atoms with Gasteiger partial charge in [-0.3, -0.25) is 9.97 Å². The smallest absolute Gasteiger partial charge is 0.0820 e. The van der Waals surface area contributed by atoms with Gasteiger partial charge in [-0.05, 0) is 24.6 Å². The van der Waals surface area contributed by atoms with Crippen LogP contribution in [0.2, 0.25) is 0 Å². The fourth-order valence-corrected chi connectivity index (χ4v) is 1.60. The molecular formula is C9H8N2S. The highest BCUT2D eigenvalue weighted by atomic mass is 32.1. The third-order valence-electron chi connectivity index (χ3n) is 1.60. The largest absolute Gasteiger partial charge is 0.255 e. The second-order valence-electron chi connectivity index (χ2n) is 2.58. The Morgan fingerprint density at radius 3 is 3.00 bits per heavy atom. The van der Waals surface area contributed by atoms with Gasteiger partial charge in [-0.2, -0.15) is 0 Å². The average Bonchev–Trinajstić information content (AvgIpc) is 2.56. The lowest BCUT2D eigenvalue weighted by Crippen LogP contribution is -1.80. The zero-order chi connectivity index (χ0) is 8.39. The molecule has 0 unspecified atom stereocenters. The summed E-state index contributed by atoms with van der Waals surface area (Å²) in [5, 5.41) is 0. The minimum atomic E-state index is 1.01. The van der Waals surface area contributed by atoms with Crippen LogP contribution in [0.25, 0.3) is 10.6 Å². The van der Waals surface area contributed by atoms with Gasteiger partial charge in [0.15, 0.2) is 0 Å². The molecule has 0 spiro atoms. The molecule has 0 atom stereocenters. The van der Waals surface area contributed by atoms with E-state index in [4.69, 9.17) is 0 Å². The van der Waals surface area contributed by atoms with Gasteiger partial charge in [-0.1, -0.05) is 0 Å². The molecule has 0 aliphatic carbocycles. The summed E-state index contributed by atoms with van der Waals surface area (Å²) in [5.41, 5.74) is 4.06. The Balaban J connectivity index is 2.48. The predicted octanol–water partition coefficient (Wildman–Crippen LogP) is 2.51. The third-order valence-corrected chi connectivity index (χ3v) is 2.40. The summed E-state index contributed by atoms with van der Waals surface area (Å²) in [5.74, 6) is 0. The third kappa shape index (κ3) is 1.36. The second kappa shape index (κ2) is 3.03. The number of nitrogens with zero attached hydrogens (tertiary/aromatic N) is 2. The van der Waals surface area contributed by atoms with Crippen molar-refractivity contribution in [2.75, 3.05) is 0 Å². The summed E-state index contributed by atoms with van der Waals surface area (Å²) in [6, 6.07) is 4.05. The van der Waals surface area contributed by atoms with E-state index in [0.29, 0.717) is 0 Å². The monoisotopic (exact) mass is 176 g/mol. The molecule has 2 rings (SSSR count). The Hall–Kier alpha value is -1.22. The second-order valence-corrected chi connectivity index (χ2v) is 3.47. The van der Waals surface area contributed by atoms with Gasteiger partial charge in [0.2, 0.25) is 0 Å². The summed E-state index contributed by atoms with van der Waals surface area (Å²) in [7, 11) is 0. The molecule has 0 aliphatic heterocycles. The first kappa shape index (κ1) is 7.43. The van der Waals surface area contributed by atoms with Gasteiger partial charge in [0.1, 0.15) is 0 Å². The van der Waals surface area contributed by atoms with Crippen molar-refractivity contribution in [3.05, 3.63) is 35.6 Å². The van der Waals surface area contributed by atoms with Gasteiger partial charge < -0.3 is 0 Å². The molecule has 0 saturated heterocycles. The quantitative estimate of drug-likeness (QED) is 0.667. The molecule has 0 amide bonds. The van der Waals surface area contributed by atoms with Gasteiger partial charge in [-0.15, -0.1) is 11.3 Å². The topological polar surface area (TPSA) is 25.8 Å². The standard InChI is InChI=1S/C9H8N2S/c1-7-2-3-11-8(4-7)9-5-10-6-12-9/h2-6H,1H3. The molecule has 0 saturated carbocycles. The van der Waals surface area contributed by atoms with Crippen LogP contribution >= 0.6 is 11.3 Å². The van der Waals surface area contributed by atoms with Crippen molar-refractivity contribution < 1.29 is 0 Å². The van der Waals surface area contributed by atoms with Gasteiger partial charge in [0.05, 0.1) is 16.1 Å². The van der Waals surface area contributed by atoms with Crippen molar-refractivity contribution in [3.63, 3.8) is 0 Å². The van der Waals surface area contributed by atoms with Crippen LogP contribution in [0.5, 0.6) is 0 Å². The van der Waals surface area contributed by atoms with Crippen LogP contribution in [0.1, 0.15) is 5.56 Å². The van der Waals surface area contributed by atoms with Crippen molar-refractivity contribution in [1.29, 1.82) is 0 Å². The van der Waals surface area contributed by atoms with Crippen molar-refractivity contribution in [1.82, 2.24) is 9.97 Å². The number of thiazole rings is 1. The number of pyridine rings is 1.